The zero-order chi connectivity index (χ0) is 13.9. The average molecular weight is 284 g/mol. The number of H-pyrrole nitrogens is 1. The number of rotatable bonds is 3. The zero-order valence-corrected chi connectivity index (χ0v) is 11.6. The van der Waals surface area contributed by atoms with E-state index in [1.54, 1.807) is 18.3 Å². The van der Waals surface area contributed by atoms with Crippen LogP contribution < -0.4 is 5.32 Å². The lowest BCUT2D eigenvalue weighted by molar-refractivity contribution is 0.102. The summed E-state index contributed by atoms with van der Waals surface area (Å²) in [6, 6.07) is 11.1. The molecular formula is C14H12N4OS. The van der Waals surface area contributed by atoms with E-state index in [4.69, 9.17) is 0 Å². The van der Waals surface area contributed by atoms with E-state index >= 15 is 0 Å². The van der Waals surface area contributed by atoms with Crippen molar-refractivity contribution in [3.05, 3.63) is 48.2 Å². The molecule has 20 heavy (non-hydrogen) atoms. The lowest BCUT2D eigenvalue weighted by Gasteiger charge is -2.05. The third-order valence-electron chi connectivity index (χ3n) is 2.83. The molecule has 1 amide bonds. The highest BCUT2D eigenvalue weighted by Gasteiger charge is 2.13. The third-order valence-corrected chi connectivity index (χ3v) is 3.54. The molecule has 2 heterocycles. The molecule has 0 bridgehead atoms. The maximum absolute atomic E-state index is 12.2. The van der Waals surface area contributed by atoms with Crippen molar-refractivity contribution in [3.8, 4) is 0 Å². The van der Waals surface area contributed by atoms with E-state index in [1.165, 1.54) is 11.8 Å². The van der Waals surface area contributed by atoms with Crippen molar-refractivity contribution in [2.75, 3.05) is 11.6 Å². The Kier molecular flexibility index (Phi) is 3.39. The number of imidazole rings is 1. The Morgan fingerprint density at radius 3 is 2.90 bits per heavy atom. The second kappa shape index (κ2) is 5.34. The van der Waals surface area contributed by atoms with Crippen LogP contribution in [0.2, 0.25) is 0 Å². The van der Waals surface area contributed by atoms with Crippen LogP contribution in [-0.2, 0) is 0 Å². The molecule has 3 rings (SSSR count). The molecule has 0 unspecified atom stereocenters. The number of aromatic nitrogens is 3. The summed E-state index contributed by atoms with van der Waals surface area (Å²) in [5, 5.41) is 3.46. The number of carbonyl (C=O) groups is 1. The van der Waals surface area contributed by atoms with E-state index in [9.17, 15) is 4.79 Å². The molecule has 2 N–H and O–H groups in total. The van der Waals surface area contributed by atoms with Crippen LogP contribution in [0.4, 0.5) is 5.95 Å². The molecule has 0 aliphatic rings. The second-order valence-electron chi connectivity index (χ2n) is 4.12. The summed E-state index contributed by atoms with van der Waals surface area (Å²) < 4.78 is 0. The minimum atomic E-state index is -0.221. The van der Waals surface area contributed by atoms with Gasteiger partial charge in [-0.15, -0.1) is 11.8 Å². The predicted octanol–water partition coefficient (Wildman–Crippen LogP) is 2.93. The Hall–Kier alpha value is -2.34. The number of benzene rings is 1. The van der Waals surface area contributed by atoms with Gasteiger partial charge < -0.3 is 4.98 Å². The lowest BCUT2D eigenvalue weighted by Crippen LogP contribution is -2.14. The number of fused-ring (bicyclic) bond motifs is 1. The number of thioether (sulfide) groups is 1. The van der Waals surface area contributed by atoms with Crippen molar-refractivity contribution in [2.45, 2.75) is 5.03 Å². The van der Waals surface area contributed by atoms with Crippen molar-refractivity contribution in [2.24, 2.45) is 0 Å². The Bertz CT molecular complexity index is 735. The highest BCUT2D eigenvalue weighted by molar-refractivity contribution is 7.98. The first-order valence-corrected chi connectivity index (χ1v) is 7.25. The van der Waals surface area contributed by atoms with Crippen molar-refractivity contribution in [1.82, 2.24) is 15.0 Å². The second-order valence-corrected chi connectivity index (χ2v) is 4.91. The van der Waals surface area contributed by atoms with Gasteiger partial charge in [0.05, 0.1) is 16.6 Å². The van der Waals surface area contributed by atoms with Gasteiger partial charge in [-0.2, -0.15) is 0 Å². The maximum atomic E-state index is 12.2. The summed E-state index contributed by atoms with van der Waals surface area (Å²) in [5.41, 5.74) is 2.25. The first kappa shape index (κ1) is 12.7. The van der Waals surface area contributed by atoms with Crippen molar-refractivity contribution >= 4 is 34.7 Å². The fourth-order valence-electron chi connectivity index (χ4n) is 1.91. The summed E-state index contributed by atoms with van der Waals surface area (Å²) in [7, 11) is 0. The topological polar surface area (TPSA) is 70.7 Å². The molecular weight excluding hydrogens is 272 g/mol. The van der Waals surface area contributed by atoms with Crippen LogP contribution >= 0.6 is 11.8 Å². The number of hydrogen-bond donors (Lipinski definition) is 2. The molecule has 0 radical (unpaired) electrons. The Morgan fingerprint density at radius 1 is 1.25 bits per heavy atom. The molecule has 1 aromatic carbocycles. The Labute approximate surface area is 119 Å². The van der Waals surface area contributed by atoms with E-state index in [2.05, 4.69) is 20.3 Å². The summed E-state index contributed by atoms with van der Waals surface area (Å²) in [6.07, 6.45) is 3.56. The molecule has 0 saturated carbocycles. The van der Waals surface area contributed by atoms with E-state index in [0.717, 1.165) is 11.0 Å². The number of pyridine rings is 1. The van der Waals surface area contributed by atoms with Gasteiger partial charge >= 0.3 is 0 Å². The van der Waals surface area contributed by atoms with Crippen LogP contribution in [0.5, 0.6) is 0 Å². The van der Waals surface area contributed by atoms with Gasteiger partial charge in [0.25, 0.3) is 5.91 Å². The molecule has 0 atom stereocenters. The van der Waals surface area contributed by atoms with Crippen LogP contribution in [0.3, 0.4) is 0 Å². The SMILES string of the molecule is CSc1ncccc1C(=O)Nc1nc2ccccc2[nH]1. The molecule has 0 aliphatic heterocycles. The third kappa shape index (κ3) is 2.37. The molecule has 0 saturated heterocycles. The van der Waals surface area contributed by atoms with Crippen LogP contribution in [-0.4, -0.2) is 27.1 Å². The summed E-state index contributed by atoms with van der Waals surface area (Å²) in [5.74, 6) is 0.216. The number of para-hydroxylation sites is 2. The van der Waals surface area contributed by atoms with E-state index in [0.29, 0.717) is 16.5 Å². The Balaban J connectivity index is 1.88. The van der Waals surface area contributed by atoms with Gasteiger partial charge in [0.15, 0.2) is 0 Å². The normalized spacial score (nSPS) is 10.7. The monoisotopic (exact) mass is 284 g/mol. The van der Waals surface area contributed by atoms with E-state index in [1.807, 2.05) is 30.5 Å². The molecule has 0 spiro atoms. The highest BCUT2D eigenvalue weighted by Crippen LogP contribution is 2.19. The first-order chi connectivity index (χ1) is 9.78. The van der Waals surface area contributed by atoms with Crippen molar-refractivity contribution in [3.63, 3.8) is 0 Å². The van der Waals surface area contributed by atoms with Crippen LogP contribution in [0, 0.1) is 0 Å². The molecule has 0 fully saturated rings. The van der Waals surface area contributed by atoms with Gasteiger partial charge in [0.2, 0.25) is 5.95 Å². The maximum Gasteiger partial charge on any atom is 0.260 e. The van der Waals surface area contributed by atoms with Crippen LogP contribution in [0.1, 0.15) is 10.4 Å². The fourth-order valence-corrected chi connectivity index (χ4v) is 2.46. The molecule has 100 valence electrons. The highest BCUT2D eigenvalue weighted by atomic mass is 32.2. The number of nitrogens with one attached hydrogen (secondary N) is 2. The molecule has 0 aliphatic carbocycles. The first-order valence-electron chi connectivity index (χ1n) is 6.03. The van der Waals surface area contributed by atoms with Crippen LogP contribution in [0.15, 0.2) is 47.6 Å². The van der Waals surface area contributed by atoms with E-state index < -0.39 is 0 Å². The fraction of sp³-hybridized carbons (Fsp3) is 0.0714. The predicted molar refractivity (Wildman–Crippen MR) is 80.1 cm³/mol. The van der Waals surface area contributed by atoms with Crippen molar-refractivity contribution in [1.29, 1.82) is 0 Å². The quantitative estimate of drug-likeness (QED) is 0.725. The van der Waals surface area contributed by atoms with Gasteiger partial charge in [-0.05, 0) is 30.5 Å². The number of hydrogen-bond acceptors (Lipinski definition) is 4. The van der Waals surface area contributed by atoms with Crippen molar-refractivity contribution < 1.29 is 4.79 Å². The number of nitrogens with zero attached hydrogens (tertiary/aromatic N) is 2. The summed E-state index contributed by atoms with van der Waals surface area (Å²) >= 11 is 1.44. The van der Waals surface area contributed by atoms with Gasteiger partial charge in [-0.1, -0.05) is 12.1 Å². The minimum Gasteiger partial charge on any atom is -0.324 e. The summed E-state index contributed by atoms with van der Waals surface area (Å²) in [4.78, 5) is 23.8. The lowest BCUT2D eigenvalue weighted by atomic mass is 10.3. The largest absolute Gasteiger partial charge is 0.324 e. The van der Waals surface area contributed by atoms with Gasteiger partial charge in [0.1, 0.15) is 5.03 Å². The zero-order valence-electron chi connectivity index (χ0n) is 10.8. The number of amides is 1. The minimum absolute atomic E-state index is 0.221. The number of anilines is 1. The van der Waals surface area contributed by atoms with Gasteiger partial charge in [0, 0.05) is 6.20 Å². The number of carbonyl (C=O) groups excluding carboxylic acids is 1. The van der Waals surface area contributed by atoms with Gasteiger partial charge in [-0.3, -0.25) is 10.1 Å². The van der Waals surface area contributed by atoms with E-state index in [-0.39, 0.29) is 5.91 Å². The average Bonchev–Trinajstić information content (AvgIpc) is 2.89. The van der Waals surface area contributed by atoms with Crippen LogP contribution in [0.25, 0.3) is 11.0 Å². The standard InChI is InChI=1S/C14H12N4OS/c1-20-13-9(5-4-8-15-13)12(19)18-14-16-10-6-2-3-7-11(10)17-14/h2-8H,1H3,(H2,16,17,18,19). The molecule has 6 heteroatoms. The summed E-state index contributed by atoms with van der Waals surface area (Å²) in [6.45, 7) is 0. The molecule has 2 aromatic heterocycles. The van der Waals surface area contributed by atoms with Gasteiger partial charge in [-0.25, -0.2) is 9.97 Å². The smallest absolute Gasteiger partial charge is 0.260 e. The molecule has 3 aromatic rings. The number of aromatic amines is 1. The molecule has 5 nitrogen and oxygen atoms in total. The Morgan fingerprint density at radius 2 is 2.10 bits per heavy atom.